The molecule has 6 heteroatoms. The largest absolute Gasteiger partial charge is 0.279 e. The maximum absolute atomic E-state index is 11.9. The SMILES string of the molecule is O=C(Cl)C1(C(=O)Cl)CCCCN1Cc1ccccc1Br. The van der Waals surface area contributed by atoms with Crippen LogP contribution in [0.2, 0.25) is 0 Å². The lowest BCUT2D eigenvalue weighted by atomic mass is 9.88. The van der Waals surface area contributed by atoms with Crippen molar-refractivity contribution in [2.45, 2.75) is 31.3 Å². The van der Waals surface area contributed by atoms with Crippen molar-refractivity contribution in [3.63, 3.8) is 0 Å². The molecule has 1 fully saturated rings. The van der Waals surface area contributed by atoms with Crippen LogP contribution in [0.25, 0.3) is 0 Å². The fourth-order valence-corrected chi connectivity index (χ4v) is 3.66. The van der Waals surface area contributed by atoms with Crippen molar-refractivity contribution in [3.8, 4) is 0 Å². The normalized spacial score (nSPS) is 18.8. The molecule has 0 unspecified atom stereocenters. The number of hydrogen-bond donors (Lipinski definition) is 0. The molecule has 0 bridgehead atoms. The maximum atomic E-state index is 11.9. The molecule has 0 N–H and O–H groups in total. The van der Waals surface area contributed by atoms with E-state index in [0.717, 1.165) is 22.9 Å². The Hall–Kier alpha value is -0.420. The van der Waals surface area contributed by atoms with Crippen LogP contribution in [0.1, 0.15) is 24.8 Å². The average Bonchev–Trinajstić information content (AvgIpc) is 2.41. The number of rotatable bonds is 4. The van der Waals surface area contributed by atoms with E-state index in [1.807, 2.05) is 24.3 Å². The van der Waals surface area contributed by atoms with Crippen LogP contribution in [0, 0.1) is 0 Å². The van der Waals surface area contributed by atoms with E-state index in [1.165, 1.54) is 0 Å². The summed E-state index contributed by atoms with van der Waals surface area (Å²) in [5, 5.41) is -1.38. The molecule has 1 saturated heterocycles. The number of benzene rings is 1. The third kappa shape index (κ3) is 2.93. The van der Waals surface area contributed by atoms with Gasteiger partial charge in [-0.15, -0.1) is 0 Å². The Balaban J connectivity index is 2.34. The first-order chi connectivity index (χ1) is 9.48. The highest BCUT2D eigenvalue weighted by molar-refractivity contribution is 9.10. The minimum atomic E-state index is -1.39. The van der Waals surface area contributed by atoms with E-state index in [-0.39, 0.29) is 0 Å². The third-order valence-electron chi connectivity index (χ3n) is 3.73. The summed E-state index contributed by atoms with van der Waals surface area (Å²) < 4.78 is 0.934. The summed E-state index contributed by atoms with van der Waals surface area (Å²) in [5.41, 5.74) is -0.397. The molecule has 1 aromatic rings. The second-order valence-corrected chi connectivity index (χ2v) is 6.42. The lowest BCUT2D eigenvalue weighted by molar-refractivity contribution is -0.137. The molecule has 20 heavy (non-hydrogen) atoms. The Bertz CT molecular complexity index is 522. The van der Waals surface area contributed by atoms with Gasteiger partial charge in [-0.05, 0) is 60.6 Å². The Morgan fingerprint density at radius 1 is 1.20 bits per heavy atom. The monoisotopic (exact) mass is 377 g/mol. The minimum Gasteiger partial charge on any atom is -0.279 e. The van der Waals surface area contributed by atoms with Crippen molar-refractivity contribution in [2.24, 2.45) is 0 Å². The fraction of sp³-hybridized carbons (Fsp3) is 0.429. The van der Waals surface area contributed by atoms with Crippen molar-refractivity contribution in [1.82, 2.24) is 4.90 Å². The van der Waals surface area contributed by atoms with Gasteiger partial charge in [0.25, 0.3) is 10.5 Å². The van der Waals surface area contributed by atoms with Gasteiger partial charge >= 0.3 is 0 Å². The van der Waals surface area contributed by atoms with E-state index >= 15 is 0 Å². The lowest BCUT2D eigenvalue weighted by Crippen LogP contribution is -2.59. The van der Waals surface area contributed by atoms with E-state index < -0.39 is 16.0 Å². The van der Waals surface area contributed by atoms with Gasteiger partial charge in [0.05, 0.1) is 0 Å². The van der Waals surface area contributed by atoms with Crippen molar-refractivity contribution >= 4 is 49.6 Å². The molecule has 1 aliphatic rings. The Kier molecular flexibility index (Phi) is 5.24. The zero-order valence-electron chi connectivity index (χ0n) is 10.7. The maximum Gasteiger partial charge on any atom is 0.251 e. The first-order valence-corrected chi connectivity index (χ1v) is 7.91. The zero-order chi connectivity index (χ0) is 14.8. The molecule has 1 aromatic carbocycles. The van der Waals surface area contributed by atoms with Crippen LogP contribution in [-0.4, -0.2) is 27.5 Å². The standard InChI is InChI=1S/C14H14BrCl2NO2/c15-11-6-2-1-5-10(11)9-18-8-4-3-7-14(18,12(16)19)13(17)20/h1-2,5-6H,3-4,7-9H2. The summed E-state index contributed by atoms with van der Waals surface area (Å²) in [5.74, 6) is 0. The molecule has 1 aliphatic heterocycles. The molecule has 0 atom stereocenters. The van der Waals surface area contributed by atoms with Crippen LogP contribution in [0.4, 0.5) is 0 Å². The molecular weight excluding hydrogens is 365 g/mol. The minimum absolute atomic E-state index is 0.377. The number of carbonyl (C=O) groups is 2. The van der Waals surface area contributed by atoms with Crippen LogP contribution in [-0.2, 0) is 16.1 Å². The number of piperidine rings is 1. The highest BCUT2D eigenvalue weighted by Gasteiger charge is 2.50. The Labute approximate surface area is 136 Å². The first kappa shape index (κ1) is 16.0. The second kappa shape index (κ2) is 6.56. The van der Waals surface area contributed by atoms with Crippen molar-refractivity contribution in [1.29, 1.82) is 0 Å². The number of nitrogens with zero attached hydrogens (tertiary/aromatic N) is 1. The summed E-state index contributed by atoms with van der Waals surface area (Å²) in [7, 11) is 0. The molecule has 0 radical (unpaired) electrons. The van der Waals surface area contributed by atoms with Gasteiger partial charge < -0.3 is 0 Å². The molecule has 108 valence electrons. The number of likely N-dealkylation sites (tertiary alicyclic amines) is 1. The lowest BCUT2D eigenvalue weighted by Gasteiger charge is -2.42. The van der Waals surface area contributed by atoms with Crippen LogP contribution in [0.5, 0.6) is 0 Å². The van der Waals surface area contributed by atoms with Crippen LogP contribution in [0.3, 0.4) is 0 Å². The van der Waals surface area contributed by atoms with Crippen LogP contribution in [0.15, 0.2) is 28.7 Å². The van der Waals surface area contributed by atoms with Crippen LogP contribution >= 0.6 is 39.1 Å². The topological polar surface area (TPSA) is 37.4 Å². The van der Waals surface area contributed by atoms with Gasteiger partial charge in [-0.25, -0.2) is 0 Å². The highest BCUT2D eigenvalue weighted by atomic mass is 79.9. The second-order valence-electron chi connectivity index (χ2n) is 4.88. The summed E-state index contributed by atoms with van der Waals surface area (Å²) >= 11 is 14.9. The summed E-state index contributed by atoms with van der Waals surface area (Å²) in [4.78, 5) is 25.5. The molecule has 0 amide bonds. The molecule has 1 heterocycles. The molecule has 0 aliphatic carbocycles. The fourth-order valence-electron chi connectivity index (χ4n) is 2.60. The Morgan fingerprint density at radius 2 is 1.85 bits per heavy atom. The molecule has 0 aromatic heterocycles. The van der Waals surface area contributed by atoms with Gasteiger partial charge in [-0.1, -0.05) is 34.1 Å². The van der Waals surface area contributed by atoms with E-state index in [1.54, 1.807) is 4.90 Å². The van der Waals surface area contributed by atoms with Crippen molar-refractivity contribution in [3.05, 3.63) is 34.3 Å². The molecule has 3 nitrogen and oxygen atoms in total. The molecule has 0 spiro atoms. The predicted molar refractivity (Wildman–Crippen MR) is 82.9 cm³/mol. The smallest absolute Gasteiger partial charge is 0.251 e. The number of hydrogen-bond acceptors (Lipinski definition) is 3. The average molecular weight is 379 g/mol. The Morgan fingerprint density at radius 3 is 2.45 bits per heavy atom. The van der Waals surface area contributed by atoms with Crippen LogP contribution < -0.4 is 0 Å². The zero-order valence-corrected chi connectivity index (χ0v) is 13.8. The van der Waals surface area contributed by atoms with E-state index in [9.17, 15) is 9.59 Å². The summed E-state index contributed by atoms with van der Waals surface area (Å²) in [6.07, 6.45) is 2.06. The van der Waals surface area contributed by atoms with Gasteiger partial charge in [0.15, 0.2) is 5.54 Å². The van der Waals surface area contributed by atoms with Gasteiger partial charge in [-0.2, -0.15) is 0 Å². The van der Waals surface area contributed by atoms with Crippen molar-refractivity contribution < 1.29 is 9.59 Å². The van der Waals surface area contributed by atoms with E-state index in [4.69, 9.17) is 23.2 Å². The number of carbonyl (C=O) groups excluding carboxylic acids is 2. The highest BCUT2D eigenvalue weighted by Crippen LogP contribution is 2.35. The molecule has 0 saturated carbocycles. The number of halogens is 3. The van der Waals surface area contributed by atoms with E-state index in [2.05, 4.69) is 15.9 Å². The summed E-state index contributed by atoms with van der Waals surface area (Å²) in [6.45, 7) is 1.08. The van der Waals surface area contributed by atoms with Crippen molar-refractivity contribution in [2.75, 3.05) is 6.54 Å². The predicted octanol–water partition coefficient (Wildman–Crippen LogP) is 3.70. The third-order valence-corrected chi connectivity index (χ3v) is 5.12. The van der Waals surface area contributed by atoms with Gasteiger partial charge in [-0.3, -0.25) is 14.5 Å². The quantitative estimate of drug-likeness (QED) is 0.592. The molecule has 2 rings (SSSR count). The molecular formula is C14H14BrCl2NO2. The summed E-state index contributed by atoms with van der Waals surface area (Å²) in [6, 6.07) is 7.69. The van der Waals surface area contributed by atoms with E-state index in [0.29, 0.717) is 19.5 Å². The first-order valence-electron chi connectivity index (χ1n) is 6.37. The van der Waals surface area contributed by atoms with Gasteiger partial charge in [0, 0.05) is 11.0 Å². The van der Waals surface area contributed by atoms with Gasteiger partial charge in [0.1, 0.15) is 0 Å². The van der Waals surface area contributed by atoms with Gasteiger partial charge in [0.2, 0.25) is 0 Å².